The molecular weight excluding hydrogens is 268 g/mol. The van der Waals surface area contributed by atoms with Gasteiger partial charge in [0.05, 0.1) is 22.8 Å². The second-order valence-electron chi connectivity index (χ2n) is 4.56. The highest BCUT2D eigenvalue weighted by molar-refractivity contribution is 5.78. The van der Waals surface area contributed by atoms with Crippen molar-refractivity contribution in [3.8, 4) is 0 Å². The number of aryl methyl sites for hydroxylation is 1. The molecule has 0 aliphatic rings. The zero-order valence-corrected chi connectivity index (χ0v) is 11.5. The van der Waals surface area contributed by atoms with Crippen LogP contribution in [0.5, 0.6) is 0 Å². The van der Waals surface area contributed by atoms with Crippen LogP contribution in [0.4, 0.5) is 0 Å². The zero-order valence-electron chi connectivity index (χ0n) is 11.5. The van der Waals surface area contributed by atoms with E-state index < -0.39 is 11.2 Å². The SMILES string of the molecule is CCn1cccc1C=Nn1c(=O)[nH]c2ccccc2c1=O. The van der Waals surface area contributed by atoms with Crippen LogP contribution in [-0.2, 0) is 6.54 Å². The Morgan fingerprint density at radius 1 is 1.19 bits per heavy atom. The molecule has 0 fully saturated rings. The van der Waals surface area contributed by atoms with E-state index in [2.05, 4.69) is 10.1 Å². The smallest absolute Gasteiger partial charge is 0.347 e. The van der Waals surface area contributed by atoms with E-state index in [1.807, 2.05) is 29.8 Å². The molecule has 3 rings (SSSR count). The highest BCUT2D eigenvalue weighted by Crippen LogP contribution is 2.03. The summed E-state index contributed by atoms with van der Waals surface area (Å²) in [5.41, 5.74) is 0.359. The average Bonchev–Trinajstić information content (AvgIpc) is 2.94. The van der Waals surface area contributed by atoms with Crippen LogP contribution >= 0.6 is 0 Å². The second kappa shape index (κ2) is 5.24. The Labute approximate surface area is 120 Å². The van der Waals surface area contributed by atoms with Gasteiger partial charge in [0.2, 0.25) is 0 Å². The lowest BCUT2D eigenvalue weighted by atomic mass is 10.2. The number of aromatic amines is 1. The maximum absolute atomic E-state index is 12.3. The monoisotopic (exact) mass is 282 g/mol. The molecule has 1 N–H and O–H groups in total. The van der Waals surface area contributed by atoms with Crippen molar-refractivity contribution in [2.24, 2.45) is 5.10 Å². The molecule has 2 aromatic heterocycles. The zero-order chi connectivity index (χ0) is 14.8. The van der Waals surface area contributed by atoms with Crippen LogP contribution < -0.4 is 11.2 Å². The summed E-state index contributed by atoms with van der Waals surface area (Å²) in [5, 5.41) is 4.45. The summed E-state index contributed by atoms with van der Waals surface area (Å²) in [5.74, 6) is 0. The molecule has 0 saturated heterocycles. The lowest BCUT2D eigenvalue weighted by Crippen LogP contribution is -2.32. The van der Waals surface area contributed by atoms with Gasteiger partial charge in [-0.2, -0.15) is 5.10 Å². The number of hydrogen-bond donors (Lipinski definition) is 1. The molecule has 0 radical (unpaired) electrons. The van der Waals surface area contributed by atoms with Crippen molar-refractivity contribution in [2.45, 2.75) is 13.5 Å². The van der Waals surface area contributed by atoms with Crippen molar-refractivity contribution in [2.75, 3.05) is 0 Å². The Morgan fingerprint density at radius 3 is 2.81 bits per heavy atom. The maximum atomic E-state index is 12.3. The van der Waals surface area contributed by atoms with Crippen molar-refractivity contribution >= 4 is 17.1 Å². The fourth-order valence-corrected chi connectivity index (χ4v) is 2.21. The van der Waals surface area contributed by atoms with Crippen molar-refractivity contribution in [1.82, 2.24) is 14.2 Å². The normalized spacial score (nSPS) is 11.5. The first-order valence-corrected chi connectivity index (χ1v) is 6.64. The van der Waals surface area contributed by atoms with E-state index in [9.17, 15) is 9.59 Å². The van der Waals surface area contributed by atoms with Gasteiger partial charge in [-0.05, 0) is 31.2 Å². The predicted octanol–water partition coefficient (Wildman–Crippen LogP) is 1.39. The molecule has 0 unspecified atom stereocenters. The molecule has 2 heterocycles. The lowest BCUT2D eigenvalue weighted by Gasteiger charge is -2.02. The van der Waals surface area contributed by atoms with Gasteiger partial charge in [0.25, 0.3) is 5.56 Å². The summed E-state index contributed by atoms with van der Waals surface area (Å²) < 4.78 is 2.80. The molecule has 0 bridgehead atoms. The first-order chi connectivity index (χ1) is 10.2. The second-order valence-corrected chi connectivity index (χ2v) is 4.56. The molecule has 0 aliphatic carbocycles. The number of para-hydroxylation sites is 1. The highest BCUT2D eigenvalue weighted by Gasteiger charge is 2.05. The lowest BCUT2D eigenvalue weighted by molar-refractivity contribution is 0.750. The van der Waals surface area contributed by atoms with Crippen LogP contribution in [0.1, 0.15) is 12.6 Å². The number of H-pyrrole nitrogens is 1. The van der Waals surface area contributed by atoms with Gasteiger partial charge in [-0.1, -0.05) is 12.1 Å². The topological polar surface area (TPSA) is 72.2 Å². The first-order valence-electron chi connectivity index (χ1n) is 6.64. The van der Waals surface area contributed by atoms with Crippen molar-refractivity contribution in [1.29, 1.82) is 0 Å². The van der Waals surface area contributed by atoms with Gasteiger partial charge < -0.3 is 9.55 Å². The van der Waals surface area contributed by atoms with Gasteiger partial charge in [0.15, 0.2) is 0 Å². The van der Waals surface area contributed by atoms with E-state index in [1.54, 1.807) is 24.3 Å². The molecule has 0 atom stereocenters. The van der Waals surface area contributed by atoms with E-state index in [4.69, 9.17) is 0 Å². The fraction of sp³-hybridized carbons (Fsp3) is 0.133. The summed E-state index contributed by atoms with van der Waals surface area (Å²) in [6, 6.07) is 10.6. The minimum atomic E-state index is -0.551. The van der Waals surface area contributed by atoms with Crippen molar-refractivity contribution in [3.63, 3.8) is 0 Å². The third-order valence-electron chi connectivity index (χ3n) is 3.29. The Morgan fingerprint density at radius 2 is 2.00 bits per heavy atom. The van der Waals surface area contributed by atoms with E-state index in [0.717, 1.165) is 16.9 Å². The maximum Gasteiger partial charge on any atom is 0.349 e. The van der Waals surface area contributed by atoms with Crippen LogP contribution in [0, 0.1) is 0 Å². The number of nitrogens with one attached hydrogen (secondary N) is 1. The third-order valence-corrected chi connectivity index (χ3v) is 3.29. The van der Waals surface area contributed by atoms with Crippen LogP contribution in [0.25, 0.3) is 10.9 Å². The number of nitrogens with zero attached hydrogens (tertiary/aromatic N) is 3. The molecule has 3 aromatic rings. The molecule has 0 saturated carbocycles. The van der Waals surface area contributed by atoms with Crippen LogP contribution in [0.15, 0.2) is 57.3 Å². The summed E-state index contributed by atoms with van der Waals surface area (Å²) >= 11 is 0. The molecule has 0 aliphatic heterocycles. The Kier molecular flexibility index (Phi) is 3.27. The summed E-state index contributed by atoms with van der Waals surface area (Å²) in [6.07, 6.45) is 3.42. The van der Waals surface area contributed by atoms with Gasteiger partial charge in [0, 0.05) is 12.7 Å². The van der Waals surface area contributed by atoms with E-state index >= 15 is 0 Å². The number of benzene rings is 1. The van der Waals surface area contributed by atoms with Gasteiger partial charge in [-0.25, -0.2) is 4.79 Å². The van der Waals surface area contributed by atoms with E-state index in [-0.39, 0.29) is 0 Å². The summed E-state index contributed by atoms with van der Waals surface area (Å²) in [7, 11) is 0. The van der Waals surface area contributed by atoms with Gasteiger partial charge >= 0.3 is 5.69 Å². The molecule has 6 heteroatoms. The largest absolute Gasteiger partial charge is 0.349 e. The van der Waals surface area contributed by atoms with Crippen LogP contribution in [0.3, 0.4) is 0 Å². The summed E-state index contributed by atoms with van der Waals surface area (Å²) in [4.78, 5) is 26.9. The van der Waals surface area contributed by atoms with Gasteiger partial charge in [0.1, 0.15) is 0 Å². The van der Waals surface area contributed by atoms with Crippen molar-refractivity contribution in [3.05, 3.63) is 69.1 Å². The minimum Gasteiger partial charge on any atom is -0.347 e. The third kappa shape index (κ3) is 2.31. The van der Waals surface area contributed by atoms with Gasteiger partial charge in [-0.3, -0.25) is 4.79 Å². The molecule has 106 valence electrons. The molecule has 6 nitrogen and oxygen atoms in total. The molecule has 0 spiro atoms. The first kappa shape index (κ1) is 13.1. The predicted molar refractivity (Wildman–Crippen MR) is 81.9 cm³/mol. The van der Waals surface area contributed by atoms with E-state index in [0.29, 0.717) is 10.9 Å². The Hall–Kier alpha value is -2.89. The van der Waals surface area contributed by atoms with Gasteiger partial charge in [-0.15, -0.1) is 4.68 Å². The summed E-state index contributed by atoms with van der Waals surface area (Å²) in [6.45, 7) is 2.80. The number of fused-ring (bicyclic) bond motifs is 1. The minimum absolute atomic E-state index is 0.430. The number of aromatic nitrogens is 3. The molecular formula is C15H14N4O2. The number of hydrogen-bond acceptors (Lipinski definition) is 3. The average molecular weight is 282 g/mol. The molecule has 21 heavy (non-hydrogen) atoms. The molecule has 0 amide bonds. The van der Waals surface area contributed by atoms with Crippen LogP contribution in [-0.4, -0.2) is 20.4 Å². The van der Waals surface area contributed by atoms with E-state index in [1.165, 1.54) is 6.21 Å². The quantitative estimate of drug-likeness (QED) is 0.737. The fourth-order valence-electron chi connectivity index (χ4n) is 2.21. The standard InChI is InChI=1S/C15H14N4O2/c1-2-18-9-5-6-11(18)10-16-19-14(20)12-7-3-4-8-13(12)17-15(19)21/h3-10H,2H2,1H3,(H,17,21). The highest BCUT2D eigenvalue weighted by atomic mass is 16.2. The molecule has 1 aromatic carbocycles. The Bertz CT molecular complexity index is 930. The Balaban J connectivity index is 2.13. The van der Waals surface area contributed by atoms with Crippen molar-refractivity contribution < 1.29 is 0 Å². The van der Waals surface area contributed by atoms with Crippen LogP contribution in [0.2, 0.25) is 0 Å². The number of rotatable bonds is 3.